The summed E-state index contributed by atoms with van der Waals surface area (Å²) in [7, 11) is 0. The maximum Gasteiger partial charge on any atom is 0.261 e. The molecule has 2 aromatic rings. The maximum absolute atomic E-state index is 13.1. The Kier molecular flexibility index (Phi) is 9.39. The molecule has 5 nitrogen and oxygen atoms in total. The Morgan fingerprint density at radius 1 is 1.00 bits per heavy atom. The first kappa shape index (κ1) is 23.5. The van der Waals surface area contributed by atoms with Crippen molar-refractivity contribution in [2.24, 2.45) is 0 Å². The first-order chi connectivity index (χ1) is 14.5. The second-order valence-electron chi connectivity index (χ2n) is 7.73. The molecule has 0 aliphatic heterocycles. The summed E-state index contributed by atoms with van der Waals surface area (Å²) in [5.41, 5.74) is 2.20. The van der Waals surface area contributed by atoms with E-state index in [1.807, 2.05) is 68.4 Å². The lowest BCUT2D eigenvalue weighted by Crippen LogP contribution is -2.50. The van der Waals surface area contributed by atoms with E-state index in [-0.39, 0.29) is 18.4 Å². The van der Waals surface area contributed by atoms with Crippen molar-refractivity contribution >= 4 is 11.8 Å². The highest BCUT2D eigenvalue weighted by atomic mass is 16.5. The lowest BCUT2D eigenvalue weighted by molar-refractivity contribution is -0.143. The molecule has 30 heavy (non-hydrogen) atoms. The molecule has 0 unspecified atom stereocenters. The van der Waals surface area contributed by atoms with Gasteiger partial charge in [-0.05, 0) is 42.0 Å². The zero-order chi connectivity index (χ0) is 21.9. The van der Waals surface area contributed by atoms with Gasteiger partial charge in [0, 0.05) is 13.1 Å². The van der Waals surface area contributed by atoms with Gasteiger partial charge in [0.2, 0.25) is 5.91 Å². The number of amides is 2. The molecule has 0 aliphatic rings. The average molecular weight is 411 g/mol. The van der Waals surface area contributed by atoms with Crippen molar-refractivity contribution in [1.29, 1.82) is 0 Å². The van der Waals surface area contributed by atoms with Crippen molar-refractivity contribution in [3.05, 3.63) is 65.7 Å². The number of ether oxygens (including phenoxy) is 1. The first-order valence-electron chi connectivity index (χ1n) is 10.8. The molecule has 0 heterocycles. The monoisotopic (exact) mass is 410 g/mol. The summed E-state index contributed by atoms with van der Waals surface area (Å²) in [5.74, 6) is 0.764. The van der Waals surface area contributed by atoms with Gasteiger partial charge < -0.3 is 15.0 Å². The molecule has 2 rings (SSSR count). The van der Waals surface area contributed by atoms with E-state index in [4.69, 9.17) is 4.74 Å². The van der Waals surface area contributed by atoms with Crippen molar-refractivity contribution in [2.75, 3.05) is 13.2 Å². The Bertz CT molecular complexity index is 788. The highest BCUT2D eigenvalue weighted by Gasteiger charge is 2.28. The summed E-state index contributed by atoms with van der Waals surface area (Å²) in [4.78, 5) is 27.4. The molecule has 0 saturated heterocycles. The van der Waals surface area contributed by atoms with Gasteiger partial charge in [0.05, 0.1) is 0 Å². The van der Waals surface area contributed by atoms with Crippen molar-refractivity contribution < 1.29 is 14.3 Å². The van der Waals surface area contributed by atoms with Crippen molar-refractivity contribution in [3.63, 3.8) is 0 Å². The molecule has 0 radical (unpaired) electrons. The lowest BCUT2D eigenvalue weighted by atomic mass is 10.0. The van der Waals surface area contributed by atoms with Crippen LogP contribution in [-0.4, -0.2) is 35.9 Å². The molecule has 2 amide bonds. The minimum atomic E-state index is -0.531. The third-order valence-electron chi connectivity index (χ3n) is 5.04. The van der Waals surface area contributed by atoms with E-state index in [1.54, 1.807) is 4.90 Å². The molecule has 162 valence electrons. The maximum atomic E-state index is 13.1. The molecule has 1 atom stereocenters. The zero-order valence-corrected chi connectivity index (χ0v) is 18.6. The standard InChI is InChI=1S/C25H34N2O3/c1-5-16-26-25(29)23(6-2)27(17-20-10-8-7-9-11-20)24(28)18-30-22-14-12-21(13-15-22)19(3)4/h7-15,19,23H,5-6,16-18H2,1-4H3,(H,26,29)/t23-/m0/s1. The Morgan fingerprint density at radius 2 is 1.67 bits per heavy atom. The van der Waals surface area contributed by atoms with Crippen LogP contribution in [0.25, 0.3) is 0 Å². The summed E-state index contributed by atoms with van der Waals surface area (Å²) >= 11 is 0. The molecule has 0 fully saturated rings. The third kappa shape index (κ3) is 6.90. The van der Waals surface area contributed by atoms with E-state index in [0.717, 1.165) is 12.0 Å². The van der Waals surface area contributed by atoms with E-state index in [1.165, 1.54) is 5.56 Å². The Hall–Kier alpha value is -2.82. The van der Waals surface area contributed by atoms with E-state index in [2.05, 4.69) is 19.2 Å². The number of nitrogens with one attached hydrogen (secondary N) is 1. The van der Waals surface area contributed by atoms with Crippen LogP contribution < -0.4 is 10.1 Å². The van der Waals surface area contributed by atoms with Crippen LogP contribution in [-0.2, 0) is 16.1 Å². The zero-order valence-electron chi connectivity index (χ0n) is 18.6. The van der Waals surface area contributed by atoms with Crippen LogP contribution in [0.4, 0.5) is 0 Å². The molecular formula is C25H34N2O3. The van der Waals surface area contributed by atoms with Crippen LogP contribution in [0.2, 0.25) is 0 Å². The predicted molar refractivity (Wildman–Crippen MR) is 120 cm³/mol. The Balaban J connectivity index is 2.13. The van der Waals surface area contributed by atoms with Gasteiger partial charge in [-0.15, -0.1) is 0 Å². The number of nitrogens with zero attached hydrogens (tertiary/aromatic N) is 1. The van der Waals surface area contributed by atoms with Crippen molar-refractivity contribution in [1.82, 2.24) is 10.2 Å². The molecule has 0 saturated carbocycles. The van der Waals surface area contributed by atoms with Gasteiger partial charge in [0.25, 0.3) is 5.91 Å². The van der Waals surface area contributed by atoms with Gasteiger partial charge in [-0.3, -0.25) is 9.59 Å². The minimum Gasteiger partial charge on any atom is -0.484 e. The van der Waals surface area contributed by atoms with Crippen LogP contribution in [0, 0.1) is 0 Å². The molecule has 5 heteroatoms. The molecule has 0 bridgehead atoms. The van der Waals surface area contributed by atoms with Gasteiger partial charge in [0.15, 0.2) is 6.61 Å². The Morgan fingerprint density at radius 3 is 2.23 bits per heavy atom. The van der Waals surface area contributed by atoms with Gasteiger partial charge >= 0.3 is 0 Å². The first-order valence-corrected chi connectivity index (χ1v) is 10.8. The smallest absolute Gasteiger partial charge is 0.261 e. The second-order valence-corrected chi connectivity index (χ2v) is 7.73. The SMILES string of the molecule is CCCNC(=O)[C@H](CC)N(Cc1ccccc1)C(=O)COc1ccc(C(C)C)cc1. The molecular weight excluding hydrogens is 376 g/mol. The molecule has 0 aromatic heterocycles. The van der Waals surface area contributed by atoms with Crippen LogP contribution in [0.1, 0.15) is 57.6 Å². The summed E-state index contributed by atoms with van der Waals surface area (Å²) in [5, 5.41) is 2.92. The lowest BCUT2D eigenvalue weighted by Gasteiger charge is -2.30. The largest absolute Gasteiger partial charge is 0.484 e. The fraction of sp³-hybridized carbons (Fsp3) is 0.440. The number of hydrogen-bond donors (Lipinski definition) is 1. The highest BCUT2D eigenvalue weighted by molar-refractivity contribution is 5.88. The molecule has 1 N–H and O–H groups in total. The van der Waals surface area contributed by atoms with E-state index >= 15 is 0 Å². The number of carbonyl (C=O) groups is 2. The summed E-state index contributed by atoms with van der Waals surface area (Å²) in [6.07, 6.45) is 1.39. The normalized spacial score (nSPS) is 11.8. The number of hydrogen-bond acceptors (Lipinski definition) is 3. The summed E-state index contributed by atoms with van der Waals surface area (Å²) in [6, 6.07) is 17.0. The second kappa shape index (κ2) is 12.0. The highest BCUT2D eigenvalue weighted by Crippen LogP contribution is 2.19. The summed E-state index contributed by atoms with van der Waals surface area (Å²) < 4.78 is 5.75. The van der Waals surface area contributed by atoms with Crippen LogP contribution in [0.3, 0.4) is 0 Å². The van der Waals surface area contributed by atoms with Crippen LogP contribution >= 0.6 is 0 Å². The predicted octanol–water partition coefficient (Wildman–Crippen LogP) is 4.52. The topological polar surface area (TPSA) is 58.6 Å². The quantitative estimate of drug-likeness (QED) is 0.592. The van der Waals surface area contributed by atoms with E-state index in [0.29, 0.717) is 31.2 Å². The minimum absolute atomic E-state index is 0.106. The number of rotatable bonds is 11. The van der Waals surface area contributed by atoms with Gasteiger partial charge in [-0.25, -0.2) is 0 Å². The fourth-order valence-corrected chi connectivity index (χ4v) is 3.24. The van der Waals surface area contributed by atoms with E-state index in [9.17, 15) is 9.59 Å². The van der Waals surface area contributed by atoms with Crippen molar-refractivity contribution in [3.8, 4) is 5.75 Å². The van der Waals surface area contributed by atoms with Crippen LogP contribution in [0.5, 0.6) is 5.75 Å². The molecule has 2 aromatic carbocycles. The van der Waals surface area contributed by atoms with Crippen LogP contribution in [0.15, 0.2) is 54.6 Å². The van der Waals surface area contributed by atoms with Gasteiger partial charge in [-0.1, -0.05) is 70.2 Å². The Labute approximate surface area is 180 Å². The number of carbonyl (C=O) groups excluding carboxylic acids is 2. The van der Waals surface area contributed by atoms with Gasteiger partial charge in [0.1, 0.15) is 11.8 Å². The number of benzene rings is 2. The summed E-state index contributed by atoms with van der Waals surface area (Å²) in [6.45, 7) is 9.06. The third-order valence-corrected chi connectivity index (χ3v) is 5.04. The van der Waals surface area contributed by atoms with E-state index < -0.39 is 6.04 Å². The van der Waals surface area contributed by atoms with Crippen molar-refractivity contribution in [2.45, 2.75) is 59.0 Å². The van der Waals surface area contributed by atoms with Gasteiger partial charge in [-0.2, -0.15) is 0 Å². The molecule has 0 spiro atoms. The fourth-order valence-electron chi connectivity index (χ4n) is 3.24. The molecule has 0 aliphatic carbocycles. The average Bonchev–Trinajstić information content (AvgIpc) is 2.76.